The van der Waals surface area contributed by atoms with Crippen LogP contribution in [-0.2, 0) is 0 Å². The van der Waals surface area contributed by atoms with Crippen LogP contribution >= 0.6 is 11.3 Å². The van der Waals surface area contributed by atoms with Crippen LogP contribution in [0.2, 0.25) is 0 Å². The van der Waals surface area contributed by atoms with Crippen molar-refractivity contribution in [2.24, 2.45) is 28.9 Å². The predicted molar refractivity (Wildman–Crippen MR) is 87.2 cm³/mol. The van der Waals surface area contributed by atoms with Crippen molar-refractivity contribution in [1.82, 2.24) is 4.98 Å². The number of hydrogen-bond donors (Lipinski definition) is 1. The van der Waals surface area contributed by atoms with Crippen LogP contribution in [0.15, 0.2) is 24.3 Å². The van der Waals surface area contributed by atoms with Gasteiger partial charge in [-0.15, -0.1) is 11.3 Å². The van der Waals surface area contributed by atoms with Crippen molar-refractivity contribution < 1.29 is 0 Å². The number of benzene rings is 1. The zero-order valence-electron chi connectivity index (χ0n) is 12.3. The van der Waals surface area contributed by atoms with Gasteiger partial charge in [-0.2, -0.15) is 0 Å². The number of fused-ring (bicyclic) bond motifs is 1. The monoisotopic (exact) mass is 298 g/mol. The Balaban J connectivity index is 1.54. The minimum absolute atomic E-state index is 0.156. The molecule has 0 aliphatic heterocycles. The van der Waals surface area contributed by atoms with Gasteiger partial charge in [0.15, 0.2) is 0 Å². The molecule has 6 rings (SSSR count). The molecule has 0 saturated heterocycles. The lowest BCUT2D eigenvalue weighted by Gasteiger charge is -2.58. The van der Waals surface area contributed by atoms with E-state index in [1.807, 2.05) is 11.3 Å². The van der Waals surface area contributed by atoms with Crippen molar-refractivity contribution in [3.05, 3.63) is 29.3 Å². The number of thiazole rings is 1. The second-order valence-corrected chi connectivity index (χ2v) is 8.84. The molecule has 1 aromatic carbocycles. The molecule has 4 aliphatic carbocycles. The maximum atomic E-state index is 6.81. The molecule has 4 aliphatic rings. The van der Waals surface area contributed by atoms with Gasteiger partial charge in [0.25, 0.3) is 0 Å². The molecule has 0 radical (unpaired) electrons. The zero-order chi connectivity index (χ0) is 14.0. The molecule has 0 amide bonds. The highest BCUT2D eigenvalue weighted by Crippen LogP contribution is 2.63. The van der Waals surface area contributed by atoms with Gasteiger partial charge in [0, 0.05) is 0 Å². The highest BCUT2D eigenvalue weighted by molar-refractivity contribution is 7.18. The average molecular weight is 298 g/mol. The van der Waals surface area contributed by atoms with E-state index in [1.165, 1.54) is 48.2 Å². The lowest BCUT2D eigenvalue weighted by Crippen LogP contribution is -2.50. The lowest BCUT2D eigenvalue weighted by molar-refractivity contribution is -0.0677. The van der Waals surface area contributed by atoms with Crippen molar-refractivity contribution in [3.63, 3.8) is 0 Å². The van der Waals surface area contributed by atoms with E-state index in [2.05, 4.69) is 24.3 Å². The number of para-hydroxylation sites is 1. The van der Waals surface area contributed by atoms with Crippen molar-refractivity contribution in [1.29, 1.82) is 0 Å². The first kappa shape index (κ1) is 12.6. The fraction of sp³-hybridized carbons (Fsp3) is 0.611. The van der Waals surface area contributed by atoms with E-state index in [-0.39, 0.29) is 6.04 Å². The predicted octanol–water partition coefficient (Wildman–Crippen LogP) is 4.51. The third kappa shape index (κ3) is 1.83. The Kier molecular flexibility index (Phi) is 2.58. The smallest absolute Gasteiger partial charge is 0.111 e. The van der Waals surface area contributed by atoms with Crippen molar-refractivity contribution in [2.75, 3.05) is 0 Å². The molecular formula is C18H22N2S. The lowest BCUT2D eigenvalue weighted by atomic mass is 9.48. The van der Waals surface area contributed by atoms with Crippen LogP contribution in [0, 0.1) is 23.2 Å². The first-order chi connectivity index (χ1) is 10.2. The maximum absolute atomic E-state index is 6.81. The van der Waals surface area contributed by atoms with Crippen molar-refractivity contribution in [3.8, 4) is 0 Å². The Hall–Kier alpha value is -0.930. The van der Waals surface area contributed by atoms with E-state index in [4.69, 9.17) is 10.7 Å². The molecule has 2 aromatic rings. The van der Waals surface area contributed by atoms with Crippen LogP contribution in [-0.4, -0.2) is 4.98 Å². The normalized spacial score (nSPS) is 39.0. The Morgan fingerprint density at radius 1 is 1.05 bits per heavy atom. The van der Waals surface area contributed by atoms with Crippen LogP contribution in [0.25, 0.3) is 10.2 Å². The molecule has 110 valence electrons. The molecular weight excluding hydrogens is 276 g/mol. The van der Waals surface area contributed by atoms with E-state index in [0.717, 1.165) is 23.3 Å². The van der Waals surface area contributed by atoms with Gasteiger partial charge < -0.3 is 5.73 Å². The van der Waals surface area contributed by atoms with E-state index >= 15 is 0 Å². The molecule has 21 heavy (non-hydrogen) atoms. The second-order valence-electron chi connectivity index (χ2n) is 7.78. The summed E-state index contributed by atoms with van der Waals surface area (Å²) in [4.78, 5) is 4.86. The van der Waals surface area contributed by atoms with Crippen LogP contribution in [0.4, 0.5) is 0 Å². The minimum atomic E-state index is 0.156. The first-order valence-corrected chi connectivity index (χ1v) is 9.14. The quantitative estimate of drug-likeness (QED) is 0.885. The second kappa shape index (κ2) is 4.30. The van der Waals surface area contributed by atoms with Crippen LogP contribution < -0.4 is 5.73 Å². The Morgan fingerprint density at radius 3 is 2.29 bits per heavy atom. The van der Waals surface area contributed by atoms with E-state index in [9.17, 15) is 0 Å². The third-order valence-electron chi connectivity index (χ3n) is 6.32. The molecule has 1 atom stereocenters. The summed E-state index contributed by atoms with van der Waals surface area (Å²) in [5.74, 6) is 2.87. The third-order valence-corrected chi connectivity index (χ3v) is 7.44. The van der Waals surface area contributed by atoms with Crippen molar-refractivity contribution >= 4 is 21.6 Å². The minimum Gasteiger partial charge on any atom is -0.322 e. The fourth-order valence-corrected chi connectivity index (χ4v) is 6.95. The Morgan fingerprint density at radius 2 is 1.67 bits per heavy atom. The standard InChI is InChI=1S/C18H22N2S/c19-16(17-20-14-3-1-2-4-15(14)21-17)18-8-11-5-12(9-18)7-13(6-11)10-18/h1-4,11-13,16H,5-10,19H2. The zero-order valence-corrected chi connectivity index (χ0v) is 13.1. The van der Waals surface area contributed by atoms with Gasteiger partial charge in [-0.25, -0.2) is 4.98 Å². The summed E-state index contributed by atoms with van der Waals surface area (Å²) in [5, 5.41) is 1.18. The van der Waals surface area contributed by atoms with Crippen LogP contribution in [0.5, 0.6) is 0 Å². The van der Waals surface area contributed by atoms with Crippen molar-refractivity contribution in [2.45, 2.75) is 44.6 Å². The number of aromatic nitrogens is 1. The van der Waals surface area contributed by atoms with E-state index in [0.29, 0.717) is 5.41 Å². The summed E-state index contributed by atoms with van der Waals surface area (Å²) in [5.41, 5.74) is 8.29. The summed E-state index contributed by atoms with van der Waals surface area (Å²) >= 11 is 1.82. The summed E-state index contributed by atoms with van der Waals surface area (Å²) in [6, 6.07) is 8.61. The molecule has 1 unspecified atom stereocenters. The van der Waals surface area contributed by atoms with E-state index in [1.54, 1.807) is 0 Å². The topological polar surface area (TPSA) is 38.9 Å². The number of nitrogens with zero attached hydrogens (tertiary/aromatic N) is 1. The molecule has 4 fully saturated rings. The average Bonchev–Trinajstić information content (AvgIpc) is 2.88. The number of hydrogen-bond acceptors (Lipinski definition) is 3. The van der Waals surface area contributed by atoms with Gasteiger partial charge in [0.2, 0.25) is 0 Å². The summed E-state index contributed by atoms with van der Waals surface area (Å²) < 4.78 is 1.28. The fourth-order valence-electron chi connectivity index (χ4n) is 5.84. The molecule has 2 nitrogen and oxygen atoms in total. The number of rotatable bonds is 2. The summed E-state index contributed by atoms with van der Waals surface area (Å²) in [6.07, 6.45) is 8.51. The molecule has 1 heterocycles. The Labute approximate surface area is 129 Å². The van der Waals surface area contributed by atoms with Gasteiger partial charge in [0.1, 0.15) is 5.01 Å². The SMILES string of the molecule is NC(c1nc2ccccc2s1)C12CC3CC(CC(C3)C1)C2. The summed E-state index contributed by atoms with van der Waals surface area (Å²) in [6.45, 7) is 0. The van der Waals surface area contributed by atoms with E-state index < -0.39 is 0 Å². The van der Waals surface area contributed by atoms with Crippen LogP contribution in [0.1, 0.15) is 49.6 Å². The molecule has 1 aromatic heterocycles. The molecule has 2 N–H and O–H groups in total. The maximum Gasteiger partial charge on any atom is 0.111 e. The molecule has 0 spiro atoms. The highest BCUT2D eigenvalue weighted by Gasteiger charge is 2.54. The van der Waals surface area contributed by atoms with Gasteiger partial charge in [0.05, 0.1) is 16.3 Å². The molecule has 3 heteroatoms. The van der Waals surface area contributed by atoms with Gasteiger partial charge >= 0.3 is 0 Å². The van der Waals surface area contributed by atoms with Gasteiger partial charge in [-0.3, -0.25) is 0 Å². The highest BCUT2D eigenvalue weighted by atomic mass is 32.1. The van der Waals surface area contributed by atoms with Crippen LogP contribution in [0.3, 0.4) is 0 Å². The Bertz CT molecular complexity index is 621. The van der Waals surface area contributed by atoms with Gasteiger partial charge in [-0.1, -0.05) is 12.1 Å². The molecule has 4 saturated carbocycles. The largest absolute Gasteiger partial charge is 0.322 e. The summed E-state index contributed by atoms with van der Waals surface area (Å²) in [7, 11) is 0. The molecule has 4 bridgehead atoms. The number of nitrogens with two attached hydrogens (primary N) is 1. The van der Waals surface area contributed by atoms with Gasteiger partial charge in [-0.05, 0) is 73.8 Å². The first-order valence-electron chi connectivity index (χ1n) is 8.33.